The van der Waals surface area contributed by atoms with Crippen LogP contribution in [0.5, 0.6) is 0 Å². The highest BCUT2D eigenvalue weighted by atomic mass is 16.1. The Morgan fingerprint density at radius 3 is 3.00 bits per heavy atom. The summed E-state index contributed by atoms with van der Waals surface area (Å²) < 4.78 is 0. The number of rotatable bonds is 1. The zero-order chi connectivity index (χ0) is 9.10. The van der Waals surface area contributed by atoms with Crippen LogP contribution in [0.4, 0.5) is 0 Å². The first-order chi connectivity index (χ1) is 6.40. The fourth-order valence-corrected chi connectivity index (χ4v) is 1.30. The van der Waals surface area contributed by atoms with Crippen molar-refractivity contribution in [3.05, 3.63) is 47.0 Å². The van der Waals surface area contributed by atoms with Gasteiger partial charge < -0.3 is 4.79 Å². The van der Waals surface area contributed by atoms with Crippen molar-refractivity contribution in [2.45, 2.75) is 6.04 Å². The van der Waals surface area contributed by atoms with E-state index in [1.807, 2.05) is 36.4 Å². The second kappa shape index (κ2) is 3.35. The number of fused-ring (bicyclic) bond motifs is 1. The number of carbonyl (C=O) groups is 1. The molecular weight excluding hydrogens is 162 g/mol. The van der Waals surface area contributed by atoms with Gasteiger partial charge in [-0.2, -0.15) is 0 Å². The SMILES string of the molecule is O=CC1C=CC=c2ccccc2=N1. The van der Waals surface area contributed by atoms with Crippen LogP contribution in [0.1, 0.15) is 0 Å². The summed E-state index contributed by atoms with van der Waals surface area (Å²) in [6.07, 6.45) is 6.45. The molecule has 1 aliphatic heterocycles. The molecule has 1 aromatic carbocycles. The van der Waals surface area contributed by atoms with Gasteiger partial charge >= 0.3 is 0 Å². The van der Waals surface area contributed by atoms with Gasteiger partial charge in [0, 0.05) is 0 Å². The van der Waals surface area contributed by atoms with Crippen molar-refractivity contribution in [2.75, 3.05) is 0 Å². The Balaban J connectivity index is 2.69. The largest absolute Gasteiger partial charge is 0.301 e. The van der Waals surface area contributed by atoms with Crippen molar-refractivity contribution >= 4 is 12.4 Å². The van der Waals surface area contributed by atoms with Gasteiger partial charge in [0.15, 0.2) is 0 Å². The van der Waals surface area contributed by atoms with E-state index in [2.05, 4.69) is 4.99 Å². The van der Waals surface area contributed by atoms with E-state index in [0.29, 0.717) is 0 Å². The summed E-state index contributed by atoms with van der Waals surface area (Å²) in [5.74, 6) is 0. The number of carbonyl (C=O) groups excluding carboxylic acids is 1. The molecule has 2 heteroatoms. The van der Waals surface area contributed by atoms with Crippen LogP contribution in [-0.2, 0) is 4.79 Å². The average molecular weight is 171 g/mol. The molecule has 2 nitrogen and oxygen atoms in total. The van der Waals surface area contributed by atoms with Crippen LogP contribution < -0.4 is 10.6 Å². The molecule has 0 aliphatic carbocycles. The Hall–Kier alpha value is -1.70. The van der Waals surface area contributed by atoms with E-state index in [4.69, 9.17) is 0 Å². The van der Waals surface area contributed by atoms with E-state index in [9.17, 15) is 4.79 Å². The molecule has 0 spiro atoms. The van der Waals surface area contributed by atoms with Gasteiger partial charge in [0.25, 0.3) is 0 Å². The first-order valence-corrected chi connectivity index (χ1v) is 4.17. The molecule has 0 aromatic heterocycles. The standard InChI is InChI=1S/C11H9NO/c13-8-10-6-3-5-9-4-1-2-7-11(9)12-10/h1-8,10H. The zero-order valence-corrected chi connectivity index (χ0v) is 7.05. The van der Waals surface area contributed by atoms with E-state index >= 15 is 0 Å². The number of hydrogen-bond donors (Lipinski definition) is 0. The molecule has 0 N–H and O–H groups in total. The van der Waals surface area contributed by atoms with Gasteiger partial charge in [0.2, 0.25) is 0 Å². The smallest absolute Gasteiger partial charge is 0.148 e. The molecular formula is C11H9NO. The first kappa shape index (κ1) is 7.92. The van der Waals surface area contributed by atoms with E-state index < -0.39 is 0 Å². The van der Waals surface area contributed by atoms with E-state index in [-0.39, 0.29) is 6.04 Å². The van der Waals surface area contributed by atoms with Crippen LogP contribution in [0.15, 0.2) is 41.4 Å². The Morgan fingerprint density at radius 2 is 2.15 bits per heavy atom. The van der Waals surface area contributed by atoms with Gasteiger partial charge in [-0.05, 0) is 11.3 Å². The van der Waals surface area contributed by atoms with Crippen LogP contribution in [0, 0.1) is 0 Å². The molecule has 13 heavy (non-hydrogen) atoms. The predicted molar refractivity (Wildman–Crippen MR) is 50.7 cm³/mol. The summed E-state index contributed by atoms with van der Waals surface area (Å²) in [5.41, 5.74) is 0. The zero-order valence-electron chi connectivity index (χ0n) is 7.05. The Labute approximate surface area is 75.9 Å². The summed E-state index contributed by atoms with van der Waals surface area (Å²) in [7, 11) is 0. The predicted octanol–water partition coefficient (Wildman–Crippen LogP) is 0.224. The lowest BCUT2D eigenvalue weighted by Crippen LogP contribution is -2.25. The molecule has 1 atom stereocenters. The molecule has 0 saturated heterocycles. The average Bonchev–Trinajstić information content (AvgIpc) is 2.38. The van der Waals surface area contributed by atoms with E-state index in [1.54, 1.807) is 6.08 Å². The second-order valence-electron chi connectivity index (χ2n) is 2.87. The topological polar surface area (TPSA) is 29.4 Å². The van der Waals surface area contributed by atoms with Gasteiger partial charge in [-0.15, -0.1) is 0 Å². The van der Waals surface area contributed by atoms with Gasteiger partial charge in [0.05, 0.1) is 5.36 Å². The van der Waals surface area contributed by atoms with Crippen LogP contribution >= 0.6 is 0 Å². The third-order valence-electron chi connectivity index (χ3n) is 1.95. The fourth-order valence-electron chi connectivity index (χ4n) is 1.30. The maximum atomic E-state index is 10.6. The number of hydrogen-bond acceptors (Lipinski definition) is 2. The number of nitrogens with zero attached hydrogens (tertiary/aromatic N) is 1. The quantitative estimate of drug-likeness (QED) is 0.556. The van der Waals surface area contributed by atoms with E-state index in [0.717, 1.165) is 16.9 Å². The highest BCUT2D eigenvalue weighted by Crippen LogP contribution is 1.91. The van der Waals surface area contributed by atoms with Crippen LogP contribution in [0.2, 0.25) is 0 Å². The van der Waals surface area contributed by atoms with Gasteiger partial charge in [-0.1, -0.05) is 36.4 Å². The molecule has 0 saturated carbocycles. The molecule has 64 valence electrons. The molecule has 2 rings (SSSR count). The summed E-state index contributed by atoms with van der Waals surface area (Å²) in [6.45, 7) is 0. The minimum absolute atomic E-state index is 0.333. The number of aldehydes is 1. The normalized spacial score (nSPS) is 19.2. The summed E-state index contributed by atoms with van der Waals surface area (Å²) in [4.78, 5) is 14.8. The lowest BCUT2D eigenvalue weighted by molar-refractivity contribution is -0.108. The van der Waals surface area contributed by atoms with Crippen molar-refractivity contribution < 1.29 is 4.79 Å². The van der Waals surface area contributed by atoms with Crippen molar-refractivity contribution in [2.24, 2.45) is 4.99 Å². The van der Waals surface area contributed by atoms with E-state index in [1.165, 1.54) is 0 Å². The summed E-state index contributed by atoms with van der Waals surface area (Å²) in [6, 6.07) is 7.44. The van der Waals surface area contributed by atoms with Crippen LogP contribution in [0.25, 0.3) is 6.08 Å². The molecule has 0 fully saturated rings. The molecule has 0 radical (unpaired) electrons. The fraction of sp³-hybridized carbons (Fsp3) is 0.0909. The highest BCUT2D eigenvalue weighted by molar-refractivity contribution is 5.62. The van der Waals surface area contributed by atoms with Gasteiger partial charge in [-0.25, -0.2) is 0 Å². The van der Waals surface area contributed by atoms with Crippen molar-refractivity contribution in [1.29, 1.82) is 0 Å². The Morgan fingerprint density at radius 1 is 1.31 bits per heavy atom. The second-order valence-corrected chi connectivity index (χ2v) is 2.87. The molecule has 0 amide bonds. The minimum atomic E-state index is -0.333. The third kappa shape index (κ3) is 1.56. The summed E-state index contributed by atoms with van der Waals surface area (Å²) >= 11 is 0. The number of benzene rings is 1. The van der Waals surface area contributed by atoms with Crippen molar-refractivity contribution in [3.63, 3.8) is 0 Å². The highest BCUT2D eigenvalue weighted by Gasteiger charge is 1.99. The van der Waals surface area contributed by atoms with Crippen LogP contribution in [0.3, 0.4) is 0 Å². The maximum Gasteiger partial charge on any atom is 0.148 e. The molecule has 0 bridgehead atoms. The van der Waals surface area contributed by atoms with Crippen molar-refractivity contribution in [1.82, 2.24) is 0 Å². The minimum Gasteiger partial charge on any atom is -0.301 e. The van der Waals surface area contributed by atoms with Gasteiger partial charge in [0.1, 0.15) is 12.3 Å². The Bertz CT molecular complexity index is 459. The Kier molecular flexibility index (Phi) is 2.04. The maximum absolute atomic E-state index is 10.6. The molecule has 1 aromatic rings. The lowest BCUT2D eigenvalue weighted by atomic mass is 10.3. The molecule has 1 unspecified atom stereocenters. The molecule has 1 heterocycles. The monoisotopic (exact) mass is 171 g/mol. The van der Waals surface area contributed by atoms with Crippen LogP contribution in [-0.4, -0.2) is 12.3 Å². The number of allylic oxidation sites excluding steroid dienone is 1. The summed E-state index contributed by atoms with van der Waals surface area (Å²) in [5, 5.41) is 1.94. The molecule has 1 aliphatic rings. The van der Waals surface area contributed by atoms with Crippen molar-refractivity contribution in [3.8, 4) is 0 Å². The van der Waals surface area contributed by atoms with Gasteiger partial charge in [-0.3, -0.25) is 4.99 Å². The third-order valence-corrected chi connectivity index (χ3v) is 1.95. The lowest BCUT2D eigenvalue weighted by Gasteiger charge is -1.93. The first-order valence-electron chi connectivity index (χ1n) is 4.17. The number of para-hydroxylation sites is 1.